The Bertz CT molecular complexity index is 805. The predicted octanol–water partition coefficient (Wildman–Crippen LogP) is 2.09. The van der Waals surface area contributed by atoms with Gasteiger partial charge >= 0.3 is 0 Å². The molecule has 6 heteroatoms. The average Bonchev–Trinajstić information content (AvgIpc) is 3.23. The third-order valence-electron chi connectivity index (χ3n) is 5.69. The molecule has 6 nitrogen and oxygen atoms in total. The highest BCUT2D eigenvalue weighted by Gasteiger charge is 2.28. The molecular formula is C22H28N4O2. The highest BCUT2D eigenvalue weighted by atomic mass is 16.5. The lowest BCUT2D eigenvalue weighted by atomic mass is 9.90. The van der Waals surface area contributed by atoms with Crippen LogP contribution in [0, 0.1) is 5.92 Å². The summed E-state index contributed by atoms with van der Waals surface area (Å²) in [6.07, 6.45) is 5.44. The summed E-state index contributed by atoms with van der Waals surface area (Å²) in [4.78, 5) is 24.3. The Morgan fingerprint density at radius 2 is 2.14 bits per heavy atom. The van der Waals surface area contributed by atoms with E-state index in [-0.39, 0.29) is 17.9 Å². The van der Waals surface area contributed by atoms with Gasteiger partial charge in [0.05, 0.1) is 17.7 Å². The van der Waals surface area contributed by atoms with Gasteiger partial charge in [-0.1, -0.05) is 30.3 Å². The summed E-state index contributed by atoms with van der Waals surface area (Å²) >= 11 is 0. The monoisotopic (exact) mass is 380 g/mol. The number of benzene rings is 1. The molecule has 0 bridgehead atoms. The van der Waals surface area contributed by atoms with E-state index in [1.54, 1.807) is 6.33 Å². The largest absolute Gasteiger partial charge is 0.376 e. The second-order valence-electron chi connectivity index (χ2n) is 7.81. The van der Waals surface area contributed by atoms with Crippen LogP contribution in [-0.2, 0) is 22.4 Å². The molecule has 148 valence electrons. The number of nitrogens with one attached hydrogen (secondary N) is 1. The molecule has 1 aromatic carbocycles. The lowest BCUT2D eigenvalue weighted by Gasteiger charge is -2.28. The maximum absolute atomic E-state index is 13.0. The van der Waals surface area contributed by atoms with Crippen LogP contribution in [0.5, 0.6) is 0 Å². The highest BCUT2D eigenvalue weighted by molar-refractivity contribution is 5.80. The molecule has 4 rings (SSSR count). The molecule has 1 saturated heterocycles. The number of nitrogens with zero attached hydrogens (tertiary/aromatic N) is 3. The minimum absolute atomic E-state index is 0.0954. The third kappa shape index (κ3) is 4.39. The summed E-state index contributed by atoms with van der Waals surface area (Å²) in [5, 5.41) is 3.12. The van der Waals surface area contributed by atoms with Gasteiger partial charge in [0.1, 0.15) is 6.33 Å². The summed E-state index contributed by atoms with van der Waals surface area (Å²) in [6, 6.07) is 10.2. The Morgan fingerprint density at radius 1 is 1.29 bits per heavy atom. The van der Waals surface area contributed by atoms with Gasteiger partial charge in [-0.2, -0.15) is 0 Å². The van der Waals surface area contributed by atoms with Crippen molar-refractivity contribution in [3.05, 3.63) is 47.9 Å². The molecule has 2 atom stereocenters. The van der Waals surface area contributed by atoms with Crippen LogP contribution in [0.4, 0.5) is 0 Å². The molecule has 28 heavy (non-hydrogen) atoms. The van der Waals surface area contributed by atoms with Gasteiger partial charge in [-0.3, -0.25) is 4.79 Å². The second kappa shape index (κ2) is 8.80. The third-order valence-corrected chi connectivity index (χ3v) is 5.69. The fraction of sp³-hybridized carbons (Fsp3) is 0.500. The standard InChI is InChI=1S/C22H28N4O2/c1-26-10-9-20-19(21(25-15-24-20)16-6-3-2-4-7-16)12-17(14-26)22(27)23-13-18-8-5-11-28-18/h2-4,6-7,15,17-18H,5,8-14H2,1H3,(H,23,27). The summed E-state index contributed by atoms with van der Waals surface area (Å²) in [7, 11) is 2.07. The molecule has 1 N–H and O–H groups in total. The van der Waals surface area contributed by atoms with Gasteiger partial charge in [0, 0.05) is 49.5 Å². The average molecular weight is 380 g/mol. The van der Waals surface area contributed by atoms with E-state index in [1.807, 2.05) is 18.2 Å². The van der Waals surface area contributed by atoms with Gasteiger partial charge < -0.3 is 15.0 Å². The van der Waals surface area contributed by atoms with Crippen molar-refractivity contribution in [3.8, 4) is 11.3 Å². The molecule has 2 unspecified atom stereocenters. The second-order valence-corrected chi connectivity index (χ2v) is 7.81. The van der Waals surface area contributed by atoms with Gasteiger partial charge in [0.2, 0.25) is 5.91 Å². The Morgan fingerprint density at radius 3 is 2.93 bits per heavy atom. The van der Waals surface area contributed by atoms with Crippen molar-refractivity contribution in [1.29, 1.82) is 0 Å². The van der Waals surface area contributed by atoms with Crippen molar-refractivity contribution in [2.45, 2.75) is 31.8 Å². The zero-order valence-electron chi connectivity index (χ0n) is 16.4. The van der Waals surface area contributed by atoms with Crippen LogP contribution in [0.15, 0.2) is 36.7 Å². The minimum Gasteiger partial charge on any atom is -0.376 e. The zero-order chi connectivity index (χ0) is 19.3. The SMILES string of the molecule is CN1CCc2ncnc(-c3ccccc3)c2CC(C(=O)NCC2CCCO2)C1. The fourth-order valence-corrected chi connectivity index (χ4v) is 4.14. The quantitative estimate of drug-likeness (QED) is 0.880. The number of ether oxygens (including phenoxy) is 1. The number of hydrogen-bond donors (Lipinski definition) is 1. The van der Waals surface area contributed by atoms with Crippen molar-refractivity contribution in [2.75, 3.05) is 33.3 Å². The molecule has 3 heterocycles. The van der Waals surface area contributed by atoms with Crippen LogP contribution in [0.2, 0.25) is 0 Å². The van der Waals surface area contributed by atoms with Crippen LogP contribution in [0.25, 0.3) is 11.3 Å². The maximum atomic E-state index is 13.0. The molecule has 1 aromatic heterocycles. The smallest absolute Gasteiger partial charge is 0.224 e. The Hall–Kier alpha value is -2.31. The van der Waals surface area contributed by atoms with E-state index in [1.165, 1.54) is 0 Å². The summed E-state index contributed by atoms with van der Waals surface area (Å²) in [5.74, 6) is -0.0306. The van der Waals surface area contributed by atoms with E-state index in [0.29, 0.717) is 13.0 Å². The van der Waals surface area contributed by atoms with Gasteiger partial charge in [-0.05, 0) is 26.3 Å². The Balaban J connectivity index is 1.58. The Kier molecular flexibility index (Phi) is 5.98. The first kappa shape index (κ1) is 19.0. The molecule has 0 spiro atoms. The van der Waals surface area contributed by atoms with Crippen LogP contribution >= 0.6 is 0 Å². The number of hydrogen-bond acceptors (Lipinski definition) is 5. The molecule has 2 aromatic rings. The summed E-state index contributed by atoms with van der Waals surface area (Å²) in [5.41, 5.74) is 4.19. The lowest BCUT2D eigenvalue weighted by Crippen LogP contribution is -2.43. The van der Waals surface area contributed by atoms with Crippen molar-refractivity contribution in [3.63, 3.8) is 0 Å². The van der Waals surface area contributed by atoms with E-state index in [2.05, 4.69) is 39.4 Å². The Labute approximate surface area is 166 Å². The van der Waals surface area contributed by atoms with E-state index in [9.17, 15) is 4.79 Å². The molecule has 1 fully saturated rings. The van der Waals surface area contributed by atoms with Crippen LogP contribution in [-0.4, -0.2) is 60.2 Å². The van der Waals surface area contributed by atoms with Crippen molar-refractivity contribution >= 4 is 5.91 Å². The molecule has 0 saturated carbocycles. The highest BCUT2D eigenvalue weighted by Crippen LogP contribution is 2.27. The number of carbonyl (C=O) groups is 1. The van der Waals surface area contributed by atoms with E-state index in [4.69, 9.17) is 4.74 Å². The molecule has 0 radical (unpaired) electrons. The van der Waals surface area contributed by atoms with Crippen LogP contribution in [0.3, 0.4) is 0 Å². The maximum Gasteiger partial charge on any atom is 0.224 e. The van der Waals surface area contributed by atoms with Crippen molar-refractivity contribution in [1.82, 2.24) is 20.2 Å². The van der Waals surface area contributed by atoms with Gasteiger partial charge in [0.15, 0.2) is 0 Å². The molecular weight excluding hydrogens is 352 g/mol. The van der Waals surface area contributed by atoms with E-state index >= 15 is 0 Å². The first-order valence-electron chi connectivity index (χ1n) is 10.2. The van der Waals surface area contributed by atoms with Crippen LogP contribution in [0.1, 0.15) is 24.1 Å². The first-order chi connectivity index (χ1) is 13.7. The zero-order valence-corrected chi connectivity index (χ0v) is 16.4. The van der Waals surface area contributed by atoms with Gasteiger partial charge in [-0.25, -0.2) is 9.97 Å². The normalized spacial score (nSPS) is 22.9. The number of rotatable bonds is 4. The van der Waals surface area contributed by atoms with Crippen LogP contribution < -0.4 is 5.32 Å². The molecule has 2 aliphatic heterocycles. The summed E-state index contributed by atoms with van der Waals surface area (Å²) in [6.45, 7) is 3.02. The number of aromatic nitrogens is 2. The lowest BCUT2D eigenvalue weighted by molar-refractivity contribution is -0.126. The van der Waals surface area contributed by atoms with Crippen molar-refractivity contribution < 1.29 is 9.53 Å². The van der Waals surface area contributed by atoms with E-state index in [0.717, 1.165) is 61.5 Å². The fourth-order valence-electron chi connectivity index (χ4n) is 4.14. The van der Waals surface area contributed by atoms with E-state index < -0.39 is 0 Å². The van der Waals surface area contributed by atoms with Gasteiger partial charge in [0.25, 0.3) is 0 Å². The molecule has 1 amide bonds. The molecule has 2 aliphatic rings. The number of carbonyl (C=O) groups excluding carboxylic acids is 1. The minimum atomic E-state index is -0.126. The number of fused-ring (bicyclic) bond motifs is 1. The summed E-state index contributed by atoms with van der Waals surface area (Å²) < 4.78 is 5.64. The number of likely N-dealkylation sites (N-methyl/N-ethyl adjacent to an activating group) is 1. The number of amides is 1. The topological polar surface area (TPSA) is 67.4 Å². The van der Waals surface area contributed by atoms with Gasteiger partial charge in [-0.15, -0.1) is 0 Å². The van der Waals surface area contributed by atoms with Crippen molar-refractivity contribution in [2.24, 2.45) is 5.92 Å². The predicted molar refractivity (Wildman–Crippen MR) is 108 cm³/mol. The first-order valence-corrected chi connectivity index (χ1v) is 10.2. The molecule has 0 aliphatic carbocycles.